The van der Waals surface area contributed by atoms with Crippen molar-refractivity contribution >= 4 is 17.5 Å². The van der Waals surface area contributed by atoms with Crippen molar-refractivity contribution in [3.63, 3.8) is 0 Å². The van der Waals surface area contributed by atoms with Gasteiger partial charge in [-0.3, -0.25) is 4.79 Å². The van der Waals surface area contributed by atoms with E-state index in [0.717, 1.165) is 56.3 Å². The van der Waals surface area contributed by atoms with Crippen molar-refractivity contribution in [3.8, 4) is 5.69 Å². The van der Waals surface area contributed by atoms with Crippen molar-refractivity contribution in [3.05, 3.63) is 46.2 Å². The van der Waals surface area contributed by atoms with Gasteiger partial charge in [-0.25, -0.2) is 4.68 Å². The van der Waals surface area contributed by atoms with Crippen LogP contribution in [-0.4, -0.2) is 39.7 Å². The Balaban J connectivity index is 1.77. The highest BCUT2D eigenvalue weighted by Crippen LogP contribution is 2.29. The molecule has 0 spiro atoms. The second-order valence-electron chi connectivity index (χ2n) is 7.25. The first-order chi connectivity index (χ1) is 12.7. The number of hydrogen-bond donors (Lipinski definition) is 1. The van der Waals surface area contributed by atoms with Gasteiger partial charge in [0.25, 0.3) is 5.91 Å². The normalized spacial score (nSPS) is 20.1. The van der Waals surface area contributed by atoms with E-state index in [0.29, 0.717) is 17.3 Å². The highest BCUT2D eigenvalue weighted by atomic mass is 35.5. The summed E-state index contributed by atoms with van der Waals surface area (Å²) in [6.07, 6.45) is 7.33. The summed E-state index contributed by atoms with van der Waals surface area (Å²) in [6.45, 7) is 1.30. The van der Waals surface area contributed by atoms with Crippen LogP contribution < -0.4 is 5.73 Å². The lowest BCUT2D eigenvalue weighted by Gasteiger charge is -2.23. The van der Waals surface area contributed by atoms with Gasteiger partial charge in [0.2, 0.25) is 0 Å². The third-order valence-corrected chi connectivity index (χ3v) is 5.87. The van der Waals surface area contributed by atoms with E-state index in [1.807, 2.05) is 33.8 Å². The van der Waals surface area contributed by atoms with Crippen molar-refractivity contribution in [1.82, 2.24) is 14.7 Å². The molecule has 1 aliphatic heterocycles. The van der Waals surface area contributed by atoms with Crippen molar-refractivity contribution in [1.29, 1.82) is 0 Å². The van der Waals surface area contributed by atoms with Crippen LogP contribution in [0.3, 0.4) is 0 Å². The molecule has 6 heteroatoms. The van der Waals surface area contributed by atoms with Crippen LogP contribution in [0.25, 0.3) is 5.69 Å². The number of carbonyl (C=O) groups is 1. The fraction of sp³-hybridized carbons (Fsp3) is 0.500. The standard InChI is InChI=1S/C20H25ClN4O/c21-14-8-10-15(11-9-14)25-18-7-3-1-2-6-17(18)19(23-25)20(26)24-12-4-5-16(24)13-22/h8-11,16H,1-7,12-13,22H2. The number of hydrogen-bond acceptors (Lipinski definition) is 3. The summed E-state index contributed by atoms with van der Waals surface area (Å²) in [4.78, 5) is 15.2. The number of nitrogens with two attached hydrogens (primary N) is 1. The molecule has 26 heavy (non-hydrogen) atoms. The molecule has 0 saturated carbocycles. The maximum atomic E-state index is 13.3. The van der Waals surface area contributed by atoms with Gasteiger partial charge in [0, 0.05) is 35.4 Å². The Labute approximate surface area is 159 Å². The van der Waals surface area contributed by atoms with Crippen LogP contribution in [0.1, 0.15) is 53.8 Å². The molecule has 138 valence electrons. The number of fused-ring (bicyclic) bond motifs is 1. The first-order valence-corrected chi connectivity index (χ1v) is 9.94. The van der Waals surface area contributed by atoms with E-state index in [1.54, 1.807) is 0 Å². The van der Waals surface area contributed by atoms with Crippen LogP contribution >= 0.6 is 11.6 Å². The van der Waals surface area contributed by atoms with Gasteiger partial charge < -0.3 is 10.6 Å². The molecule has 1 atom stereocenters. The average molecular weight is 373 g/mol. The molecule has 0 bridgehead atoms. The van der Waals surface area contributed by atoms with Gasteiger partial charge in [0.15, 0.2) is 5.69 Å². The summed E-state index contributed by atoms with van der Waals surface area (Å²) in [5.74, 6) is 0.0452. The molecule has 1 aliphatic carbocycles. The molecule has 2 N–H and O–H groups in total. The Morgan fingerprint density at radius 2 is 1.92 bits per heavy atom. The third-order valence-electron chi connectivity index (χ3n) is 5.61. The van der Waals surface area contributed by atoms with E-state index < -0.39 is 0 Å². The van der Waals surface area contributed by atoms with Crippen LogP contribution in [0.15, 0.2) is 24.3 Å². The molecule has 1 unspecified atom stereocenters. The number of halogens is 1. The van der Waals surface area contributed by atoms with Crippen molar-refractivity contribution < 1.29 is 4.79 Å². The molecule has 1 fully saturated rings. The average Bonchev–Trinajstić information content (AvgIpc) is 3.20. The summed E-state index contributed by atoms with van der Waals surface area (Å²) >= 11 is 6.04. The lowest BCUT2D eigenvalue weighted by molar-refractivity contribution is 0.0733. The zero-order valence-electron chi connectivity index (χ0n) is 15.0. The maximum Gasteiger partial charge on any atom is 0.274 e. The Morgan fingerprint density at radius 1 is 1.15 bits per heavy atom. The Bertz CT molecular complexity index is 799. The van der Waals surface area contributed by atoms with Crippen LogP contribution in [0.4, 0.5) is 0 Å². The summed E-state index contributed by atoms with van der Waals surface area (Å²) in [5, 5.41) is 5.49. The van der Waals surface area contributed by atoms with E-state index in [-0.39, 0.29) is 11.9 Å². The SMILES string of the molecule is NCC1CCCN1C(=O)c1nn(-c2ccc(Cl)cc2)c2c1CCCCC2. The number of benzene rings is 1. The smallest absolute Gasteiger partial charge is 0.274 e. The molecule has 0 radical (unpaired) electrons. The zero-order valence-corrected chi connectivity index (χ0v) is 15.7. The minimum absolute atomic E-state index is 0.0452. The fourth-order valence-corrected chi connectivity index (χ4v) is 4.35. The molecule has 5 nitrogen and oxygen atoms in total. The molecule has 1 saturated heterocycles. The molecule has 1 aromatic carbocycles. The van der Waals surface area contributed by atoms with Gasteiger partial charge in [0.1, 0.15) is 0 Å². The van der Waals surface area contributed by atoms with Gasteiger partial charge in [-0.15, -0.1) is 0 Å². The first-order valence-electron chi connectivity index (χ1n) is 9.57. The summed E-state index contributed by atoms with van der Waals surface area (Å²) in [5.41, 5.74) is 9.77. The second-order valence-corrected chi connectivity index (χ2v) is 7.69. The Hall–Kier alpha value is -1.85. The monoisotopic (exact) mass is 372 g/mol. The molecule has 1 aromatic heterocycles. The minimum atomic E-state index is 0.0452. The van der Waals surface area contributed by atoms with Gasteiger partial charge in [-0.1, -0.05) is 18.0 Å². The molecular formula is C20H25ClN4O. The van der Waals surface area contributed by atoms with E-state index >= 15 is 0 Å². The van der Waals surface area contributed by atoms with E-state index in [2.05, 4.69) is 0 Å². The van der Waals surface area contributed by atoms with Crippen LogP contribution in [-0.2, 0) is 12.8 Å². The lowest BCUT2D eigenvalue weighted by atomic mass is 10.1. The number of carbonyl (C=O) groups excluding carboxylic acids is 1. The predicted octanol–water partition coefficient (Wildman–Crippen LogP) is 3.36. The fourth-order valence-electron chi connectivity index (χ4n) is 4.23. The van der Waals surface area contributed by atoms with Crippen molar-refractivity contribution in [2.24, 2.45) is 5.73 Å². The third kappa shape index (κ3) is 3.14. The van der Waals surface area contributed by atoms with Crippen LogP contribution in [0, 0.1) is 0 Å². The summed E-state index contributed by atoms with van der Waals surface area (Å²) in [7, 11) is 0. The number of amides is 1. The van der Waals surface area contributed by atoms with E-state index in [9.17, 15) is 4.79 Å². The molecule has 2 aromatic rings. The van der Waals surface area contributed by atoms with Crippen LogP contribution in [0.2, 0.25) is 5.02 Å². The van der Waals surface area contributed by atoms with E-state index in [4.69, 9.17) is 22.4 Å². The zero-order chi connectivity index (χ0) is 18.1. The summed E-state index contributed by atoms with van der Waals surface area (Å²) < 4.78 is 1.96. The van der Waals surface area contributed by atoms with Gasteiger partial charge >= 0.3 is 0 Å². The highest BCUT2D eigenvalue weighted by Gasteiger charge is 2.33. The first kappa shape index (κ1) is 17.6. The largest absolute Gasteiger partial charge is 0.333 e. The number of nitrogens with zero attached hydrogens (tertiary/aromatic N) is 3. The van der Waals surface area contributed by atoms with Crippen LogP contribution in [0.5, 0.6) is 0 Å². The Kier molecular flexibility index (Phi) is 5.00. The van der Waals surface area contributed by atoms with Gasteiger partial charge in [-0.2, -0.15) is 5.10 Å². The van der Waals surface area contributed by atoms with Crippen molar-refractivity contribution in [2.45, 2.75) is 51.0 Å². The molecular weight excluding hydrogens is 348 g/mol. The molecule has 4 rings (SSSR count). The highest BCUT2D eigenvalue weighted by molar-refractivity contribution is 6.30. The molecule has 2 heterocycles. The Morgan fingerprint density at radius 3 is 2.69 bits per heavy atom. The minimum Gasteiger partial charge on any atom is -0.333 e. The lowest BCUT2D eigenvalue weighted by Crippen LogP contribution is -2.40. The topological polar surface area (TPSA) is 64.2 Å². The quantitative estimate of drug-likeness (QED) is 0.840. The van der Waals surface area contributed by atoms with Gasteiger partial charge in [-0.05, 0) is 62.8 Å². The molecule has 2 aliphatic rings. The second kappa shape index (κ2) is 7.41. The molecule has 1 amide bonds. The summed E-state index contributed by atoms with van der Waals surface area (Å²) in [6, 6.07) is 7.81. The maximum absolute atomic E-state index is 13.3. The van der Waals surface area contributed by atoms with E-state index in [1.165, 1.54) is 12.1 Å². The predicted molar refractivity (Wildman–Crippen MR) is 103 cm³/mol. The number of likely N-dealkylation sites (tertiary alicyclic amines) is 1. The number of rotatable bonds is 3. The van der Waals surface area contributed by atoms with Crippen molar-refractivity contribution in [2.75, 3.05) is 13.1 Å². The van der Waals surface area contributed by atoms with Gasteiger partial charge in [0.05, 0.1) is 5.69 Å². The number of aromatic nitrogens is 2.